The number of aromatic nitrogens is 3. The van der Waals surface area contributed by atoms with E-state index in [1.54, 1.807) is 13.1 Å². The van der Waals surface area contributed by atoms with Crippen LogP contribution < -0.4 is 0 Å². The van der Waals surface area contributed by atoms with Crippen molar-refractivity contribution >= 4 is 5.91 Å². The highest BCUT2D eigenvalue weighted by Crippen LogP contribution is 2.13. The van der Waals surface area contributed by atoms with Gasteiger partial charge in [0.2, 0.25) is 17.6 Å². The minimum absolute atomic E-state index is 0.0919. The van der Waals surface area contributed by atoms with Crippen molar-refractivity contribution < 1.29 is 14.4 Å². The molecule has 25 heavy (non-hydrogen) atoms. The van der Waals surface area contributed by atoms with Crippen molar-refractivity contribution in [2.75, 3.05) is 32.7 Å². The number of amides is 1. The Labute approximate surface area is 146 Å². The Hall–Kier alpha value is -2.32. The molecule has 0 spiro atoms. The molecule has 8 heteroatoms. The maximum Gasteiger partial charge on any atom is 0.227 e. The lowest BCUT2D eigenvalue weighted by atomic mass is 10.2. The second-order valence-corrected chi connectivity index (χ2v) is 6.26. The Kier molecular flexibility index (Phi) is 5.72. The molecule has 3 heterocycles. The number of carbonyl (C=O) groups excluding carboxylic acids is 1. The molecule has 0 bridgehead atoms. The highest BCUT2D eigenvalue weighted by atomic mass is 16.5. The first kappa shape index (κ1) is 17.5. The van der Waals surface area contributed by atoms with Gasteiger partial charge in [0.15, 0.2) is 0 Å². The number of carbonyl (C=O) groups is 1. The summed E-state index contributed by atoms with van der Waals surface area (Å²) >= 11 is 0. The van der Waals surface area contributed by atoms with Gasteiger partial charge in [-0.2, -0.15) is 4.98 Å². The van der Waals surface area contributed by atoms with Gasteiger partial charge in [0.25, 0.3) is 0 Å². The number of aliphatic hydroxyl groups excluding tert-OH is 1. The Morgan fingerprint density at radius 3 is 2.80 bits per heavy atom. The third kappa shape index (κ3) is 4.83. The van der Waals surface area contributed by atoms with Crippen LogP contribution in [-0.4, -0.2) is 74.8 Å². The molecule has 0 aliphatic carbocycles. The molecule has 1 N–H and O–H groups in total. The van der Waals surface area contributed by atoms with Crippen LogP contribution in [0.2, 0.25) is 0 Å². The summed E-state index contributed by atoms with van der Waals surface area (Å²) in [5.74, 6) is 0.978. The van der Waals surface area contributed by atoms with E-state index in [0.29, 0.717) is 49.9 Å². The molecule has 1 fully saturated rings. The number of pyridine rings is 1. The second kappa shape index (κ2) is 8.17. The topological polar surface area (TPSA) is 95.6 Å². The fourth-order valence-electron chi connectivity index (χ4n) is 2.88. The fraction of sp³-hybridized carbons (Fsp3) is 0.529. The summed E-state index contributed by atoms with van der Waals surface area (Å²) in [7, 11) is 0. The second-order valence-electron chi connectivity index (χ2n) is 6.26. The number of piperazine rings is 1. The lowest BCUT2D eigenvalue weighted by Crippen LogP contribution is -2.50. The van der Waals surface area contributed by atoms with Gasteiger partial charge in [-0.25, -0.2) is 0 Å². The van der Waals surface area contributed by atoms with Gasteiger partial charge in [-0.1, -0.05) is 11.2 Å². The van der Waals surface area contributed by atoms with Crippen LogP contribution in [-0.2, 0) is 11.2 Å². The van der Waals surface area contributed by atoms with Gasteiger partial charge in [0.05, 0.1) is 6.10 Å². The minimum Gasteiger partial charge on any atom is -0.392 e. The van der Waals surface area contributed by atoms with Crippen molar-refractivity contribution in [1.29, 1.82) is 0 Å². The summed E-state index contributed by atoms with van der Waals surface area (Å²) in [5.41, 5.74) is 0.651. The minimum atomic E-state index is -0.340. The molecule has 3 rings (SSSR count). The van der Waals surface area contributed by atoms with Gasteiger partial charge < -0.3 is 14.5 Å². The number of aliphatic hydroxyl groups is 1. The third-order valence-corrected chi connectivity index (χ3v) is 4.16. The summed E-state index contributed by atoms with van der Waals surface area (Å²) < 4.78 is 5.21. The predicted octanol–water partition coefficient (Wildman–Crippen LogP) is 0.589. The van der Waals surface area contributed by atoms with E-state index in [9.17, 15) is 9.90 Å². The normalized spacial score (nSPS) is 16.8. The first-order valence-electron chi connectivity index (χ1n) is 8.54. The number of aryl methyl sites for hydroxylation is 1. The number of hydrogen-bond donors (Lipinski definition) is 1. The van der Waals surface area contributed by atoms with Crippen molar-refractivity contribution in [1.82, 2.24) is 24.9 Å². The smallest absolute Gasteiger partial charge is 0.227 e. The van der Waals surface area contributed by atoms with E-state index < -0.39 is 0 Å². The van der Waals surface area contributed by atoms with Crippen LogP contribution in [0.4, 0.5) is 0 Å². The highest BCUT2D eigenvalue weighted by molar-refractivity contribution is 5.76. The Morgan fingerprint density at radius 1 is 1.32 bits per heavy atom. The molecule has 134 valence electrons. The number of hydrogen-bond acceptors (Lipinski definition) is 7. The molecule has 1 aliphatic rings. The molecule has 1 aliphatic heterocycles. The zero-order valence-corrected chi connectivity index (χ0v) is 14.3. The molecule has 8 nitrogen and oxygen atoms in total. The average molecular weight is 345 g/mol. The van der Waals surface area contributed by atoms with E-state index >= 15 is 0 Å². The standard InChI is InChI=1S/C17H23N5O3/c1-13(23)12-21-8-10-22(11-9-21)16(24)6-5-15-19-17(20-25-15)14-4-2-3-7-18-14/h2-4,7,13,23H,5-6,8-12H2,1H3. The Bertz CT molecular complexity index is 681. The zero-order valence-electron chi connectivity index (χ0n) is 14.3. The first-order valence-corrected chi connectivity index (χ1v) is 8.54. The van der Waals surface area contributed by atoms with E-state index in [1.165, 1.54) is 0 Å². The maximum atomic E-state index is 12.3. The fourth-order valence-corrected chi connectivity index (χ4v) is 2.88. The third-order valence-electron chi connectivity index (χ3n) is 4.16. The van der Waals surface area contributed by atoms with Crippen LogP contribution in [0.15, 0.2) is 28.9 Å². The molecule has 0 saturated carbocycles. The van der Waals surface area contributed by atoms with Crippen molar-refractivity contribution in [3.05, 3.63) is 30.3 Å². The average Bonchev–Trinajstić information content (AvgIpc) is 3.10. The van der Waals surface area contributed by atoms with E-state index in [-0.39, 0.29) is 12.0 Å². The first-order chi connectivity index (χ1) is 12.1. The summed E-state index contributed by atoms with van der Waals surface area (Å²) in [5, 5.41) is 13.3. The highest BCUT2D eigenvalue weighted by Gasteiger charge is 2.22. The summed E-state index contributed by atoms with van der Waals surface area (Å²) in [6.07, 6.45) is 2.10. The van der Waals surface area contributed by atoms with Crippen molar-refractivity contribution in [3.63, 3.8) is 0 Å². The lowest BCUT2D eigenvalue weighted by molar-refractivity contribution is -0.133. The van der Waals surface area contributed by atoms with Gasteiger partial charge in [-0.05, 0) is 19.1 Å². The zero-order chi connectivity index (χ0) is 17.6. The van der Waals surface area contributed by atoms with Crippen molar-refractivity contribution in [2.24, 2.45) is 0 Å². The van der Waals surface area contributed by atoms with E-state index in [1.807, 2.05) is 23.1 Å². The SMILES string of the molecule is CC(O)CN1CCN(C(=O)CCc2nc(-c3ccccn3)no2)CC1. The molecule has 2 aromatic heterocycles. The van der Waals surface area contributed by atoms with Gasteiger partial charge in [-0.15, -0.1) is 0 Å². The van der Waals surface area contributed by atoms with Crippen LogP contribution in [0.1, 0.15) is 19.2 Å². The molecular weight excluding hydrogens is 322 g/mol. The van der Waals surface area contributed by atoms with Crippen molar-refractivity contribution in [3.8, 4) is 11.5 Å². The van der Waals surface area contributed by atoms with Crippen LogP contribution in [0.5, 0.6) is 0 Å². The van der Waals surface area contributed by atoms with Crippen LogP contribution in [0.3, 0.4) is 0 Å². The van der Waals surface area contributed by atoms with Gasteiger partial charge in [0.1, 0.15) is 5.69 Å². The van der Waals surface area contributed by atoms with E-state index in [4.69, 9.17) is 4.52 Å². The Morgan fingerprint density at radius 2 is 2.12 bits per heavy atom. The number of nitrogens with zero attached hydrogens (tertiary/aromatic N) is 5. The summed E-state index contributed by atoms with van der Waals surface area (Å²) in [6, 6.07) is 5.50. The largest absolute Gasteiger partial charge is 0.392 e. The predicted molar refractivity (Wildman–Crippen MR) is 90.6 cm³/mol. The summed E-state index contributed by atoms with van der Waals surface area (Å²) in [6.45, 7) is 5.40. The molecule has 0 aromatic carbocycles. The van der Waals surface area contributed by atoms with Crippen molar-refractivity contribution in [2.45, 2.75) is 25.9 Å². The Balaban J connectivity index is 1.46. The van der Waals surface area contributed by atoms with Gasteiger partial charge in [-0.3, -0.25) is 14.7 Å². The van der Waals surface area contributed by atoms with Crippen LogP contribution in [0, 0.1) is 0 Å². The maximum absolute atomic E-state index is 12.3. The van der Waals surface area contributed by atoms with Gasteiger partial charge in [0, 0.05) is 51.8 Å². The van der Waals surface area contributed by atoms with Crippen LogP contribution in [0.25, 0.3) is 11.5 Å². The molecule has 2 aromatic rings. The molecular formula is C17H23N5O3. The van der Waals surface area contributed by atoms with E-state index in [2.05, 4.69) is 20.0 Å². The van der Waals surface area contributed by atoms with Crippen LogP contribution >= 0.6 is 0 Å². The lowest BCUT2D eigenvalue weighted by Gasteiger charge is -2.35. The monoisotopic (exact) mass is 345 g/mol. The number of β-amino-alcohol motifs (C(OH)–C–C–N with tert-alkyl or cyclic N) is 1. The number of rotatable bonds is 6. The quantitative estimate of drug-likeness (QED) is 0.818. The van der Waals surface area contributed by atoms with E-state index in [0.717, 1.165) is 13.1 Å². The molecule has 1 unspecified atom stereocenters. The van der Waals surface area contributed by atoms with Gasteiger partial charge >= 0.3 is 0 Å². The molecule has 1 saturated heterocycles. The summed E-state index contributed by atoms with van der Waals surface area (Å²) in [4.78, 5) is 24.8. The molecule has 1 atom stereocenters. The molecule has 0 radical (unpaired) electrons. The molecule has 1 amide bonds.